The van der Waals surface area contributed by atoms with Crippen LogP contribution in [0.15, 0.2) is 12.3 Å². The Morgan fingerprint density at radius 1 is 1.35 bits per heavy atom. The number of nitrogen functional groups attached to an aromatic ring is 1. The van der Waals surface area contributed by atoms with Crippen molar-refractivity contribution in [1.82, 2.24) is 9.97 Å². The number of rotatable bonds is 5. The molecule has 8 heteroatoms. The largest absolute Gasteiger partial charge is 0.359 e. The van der Waals surface area contributed by atoms with Crippen LogP contribution in [0.25, 0.3) is 0 Å². The molecule has 0 radical (unpaired) electrons. The Morgan fingerprint density at radius 2 is 2.05 bits per heavy atom. The third-order valence-electron chi connectivity index (χ3n) is 2.71. The van der Waals surface area contributed by atoms with Crippen molar-refractivity contribution in [2.45, 2.75) is 26.3 Å². The first kappa shape index (κ1) is 14.6. The summed E-state index contributed by atoms with van der Waals surface area (Å²) in [4.78, 5) is 9.17. The van der Waals surface area contributed by atoms with Gasteiger partial charge in [-0.3, -0.25) is 0 Å². The molecule has 2 heterocycles. The van der Waals surface area contributed by atoms with Crippen LogP contribution in [-0.4, -0.2) is 9.97 Å². The highest BCUT2D eigenvalue weighted by Gasteiger charge is 2.16. The van der Waals surface area contributed by atoms with Crippen LogP contribution in [-0.2, 0) is 6.42 Å². The number of aromatic nitrogens is 2. The quantitative estimate of drug-likeness (QED) is 0.584. The molecular weight excluding hydrogens is 284 g/mol. The zero-order chi connectivity index (χ0) is 14.7. The zero-order valence-corrected chi connectivity index (χ0v) is 11.9. The van der Waals surface area contributed by atoms with Crippen LogP contribution < -0.4 is 16.6 Å². The normalized spacial score (nSPS) is 12.2. The molecule has 0 amide bonds. The van der Waals surface area contributed by atoms with E-state index in [2.05, 4.69) is 20.7 Å². The van der Waals surface area contributed by atoms with Crippen molar-refractivity contribution >= 4 is 23.0 Å². The topological polar surface area (TPSA) is 75.9 Å². The molecule has 2 aromatic rings. The van der Waals surface area contributed by atoms with E-state index in [1.165, 1.54) is 0 Å². The highest BCUT2D eigenvalue weighted by Crippen LogP contribution is 2.26. The molecule has 1 unspecified atom stereocenters. The van der Waals surface area contributed by atoms with E-state index in [0.29, 0.717) is 0 Å². The average molecular weight is 299 g/mol. The number of nitrogens with zero attached hydrogens (tertiary/aromatic N) is 2. The number of thiazole rings is 1. The molecule has 0 aliphatic rings. The van der Waals surface area contributed by atoms with E-state index >= 15 is 0 Å². The van der Waals surface area contributed by atoms with Crippen LogP contribution in [0.5, 0.6) is 0 Å². The van der Waals surface area contributed by atoms with Gasteiger partial charge in [-0.05, 0) is 13.3 Å². The summed E-state index contributed by atoms with van der Waals surface area (Å²) in [6.07, 6.45) is 2.69. The summed E-state index contributed by atoms with van der Waals surface area (Å²) < 4.78 is 26.9. The summed E-state index contributed by atoms with van der Waals surface area (Å²) in [5.41, 5.74) is 2.08. The van der Waals surface area contributed by atoms with Gasteiger partial charge >= 0.3 is 0 Å². The number of hydrogen-bond acceptors (Lipinski definition) is 6. The minimum atomic E-state index is -0.842. The number of anilines is 2. The summed E-state index contributed by atoms with van der Waals surface area (Å²) in [5.74, 6) is 3.22. The summed E-state index contributed by atoms with van der Waals surface area (Å²) >= 11 is 1.54. The molecule has 1 atom stereocenters. The van der Waals surface area contributed by atoms with Gasteiger partial charge in [-0.2, -0.15) is 0 Å². The molecule has 0 aromatic carbocycles. The van der Waals surface area contributed by atoms with Crippen molar-refractivity contribution in [3.05, 3.63) is 33.8 Å². The van der Waals surface area contributed by atoms with Gasteiger partial charge in [0.2, 0.25) is 0 Å². The van der Waals surface area contributed by atoms with Gasteiger partial charge in [0.05, 0.1) is 6.04 Å². The van der Waals surface area contributed by atoms with E-state index < -0.39 is 11.6 Å². The molecule has 0 bridgehead atoms. The lowest BCUT2D eigenvalue weighted by Crippen LogP contribution is -2.14. The van der Waals surface area contributed by atoms with E-state index in [1.807, 2.05) is 13.8 Å². The molecule has 5 nitrogen and oxygen atoms in total. The SMILES string of the molecule is CCc1cnc(C(C)Nc2nc(NN)c(F)cc2F)s1. The Labute approximate surface area is 119 Å². The van der Waals surface area contributed by atoms with Gasteiger partial charge in [0, 0.05) is 17.1 Å². The van der Waals surface area contributed by atoms with Gasteiger partial charge in [-0.15, -0.1) is 11.3 Å². The summed E-state index contributed by atoms with van der Waals surface area (Å²) in [6.45, 7) is 3.87. The van der Waals surface area contributed by atoms with Crippen LogP contribution in [0.3, 0.4) is 0 Å². The third-order valence-corrected chi connectivity index (χ3v) is 4.03. The Hall–Kier alpha value is -1.80. The second-order valence-electron chi connectivity index (χ2n) is 4.18. The summed E-state index contributed by atoms with van der Waals surface area (Å²) in [7, 11) is 0. The number of pyridine rings is 1. The highest BCUT2D eigenvalue weighted by atomic mass is 32.1. The Bertz CT molecular complexity index is 602. The van der Waals surface area contributed by atoms with Crippen molar-refractivity contribution in [3.8, 4) is 0 Å². The molecule has 0 spiro atoms. The predicted octanol–water partition coefficient (Wildman–Crippen LogP) is 2.84. The van der Waals surface area contributed by atoms with E-state index in [9.17, 15) is 8.78 Å². The number of nitrogens with one attached hydrogen (secondary N) is 2. The number of hydrazine groups is 1. The minimum absolute atomic E-state index is 0.0694. The van der Waals surface area contributed by atoms with Gasteiger partial charge in [0.25, 0.3) is 0 Å². The molecule has 0 saturated heterocycles. The molecule has 2 rings (SSSR count). The minimum Gasteiger partial charge on any atom is -0.359 e. The molecule has 108 valence electrons. The molecule has 0 aliphatic heterocycles. The molecule has 20 heavy (non-hydrogen) atoms. The average Bonchev–Trinajstić information content (AvgIpc) is 2.90. The maximum Gasteiger partial charge on any atom is 0.178 e. The van der Waals surface area contributed by atoms with Crippen LogP contribution >= 0.6 is 11.3 Å². The molecule has 0 saturated carbocycles. The Balaban J connectivity index is 2.20. The molecule has 0 aliphatic carbocycles. The molecule has 0 fully saturated rings. The van der Waals surface area contributed by atoms with Crippen molar-refractivity contribution < 1.29 is 8.78 Å². The number of hydrogen-bond donors (Lipinski definition) is 3. The van der Waals surface area contributed by atoms with Crippen molar-refractivity contribution in [2.24, 2.45) is 5.84 Å². The molecular formula is C12H15F2N5S. The zero-order valence-electron chi connectivity index (χ0n) is 11.1. The lowest BCUT2D eigenvalue weighted by molar-refractivity contribution is 0.576. The van der Waals surface area contributed by atoms with Gasteiger partial charge in [0.1, 0.15) is 5.01 Å². The fourth-order valence-electron chi connectivity index (χ4n) is 1.62. The van der Waals surface area contributed by atoms with Gasteiger partial charge in [0.15, 0.2) is 23.3 Å². The van der Waals surface area contributed by atoms with E-state index in [-0.39, 0.29) is 17.7 Å². The summed E-state index contributed by atoms with van der Waals surface area (Å²) in [5, 5.41) is 3.68. The maximum absolute atomic E-state index is 13.7. The fourth-order valence-corrected chi connectivity index (χ4v) is 2.48. The number of nitrogens with two attached hydrogens (primary N) is 1. The monoisotopic (exact) mass is 299 g/mol. The van der Waals surface area contributed by atoms with E-state index in [1.54, 1.807) is 17.5 Å². The van der Waals surface area contributed by atoms with Crippen LogP contribution in [0.2, 0.25) is 0 Å². The van der Waals surface area contributed by atoms with Crippen LogP contribution in [0.1, 0.15) is 29.8 Å². The van der Waals surface area contributed by atoms with Crippen LogP contribution in [0.4, 0.5) is 20.4 Å². The first-order chi connectivity index (χ1) is 9.55. The predicted molar refractivity (Wildman–Crippen MR) is 75.5 cm³/mol. The van der Waals surface area contributed by atoms with E-state index in [0.717, 1.165) is 22.4 Å². The smallest absolute Gasteiger partial charge is 0.178 e. The summed E-state index contributed by atoms with van der Waals surface area (Å²) in [6, 6.07) is 0.495. The first-order valence-electron chi connectivity index (χ1n) is 6.09. The van der Waals surface area contributed by atoms with Crippen molar-refractivity contribution in [3.63, 3.8) is 0 Å². The third kappa shape index (κ3) is 3.02. The number of aryl methyl sites for hydroxylation is 1. The lowest BCUT2D eigenvalue weighted by Gasteiger charge is -2.13. The Morgan fingerprint density at radius 3 is 2.65 bits per heavy atom. The number of halogens is 2. The van der Waals surface area contributed by atoms with Crippen LogP contribution in [0, 0.1) is 11.6 Å². The molecule has 4 N–H and O–H groups in total. The van der Waals surface area contributed by atoms with Crippen molar-refractivity contribution in [2.75, 3.05) is 10.7 Å². The first-order valence-corrected chi connectivity index (χ1v) is 6.90. The molecule has 2 aromatic heterocycles. The van der Waals surface area contributed by atoms with Crippen molar-refractivity contribution in [1.29, 1.82) is 0 Å². The fraction of sp³-hybridized carbons (Fsp3) is 0.333. The second-order valence-corrected chi connectivity index (χ2v) is 5.32. The maximum atomic E-state index is 13.7. The standard InChI is InChI=1S/C12H15F2N5S/c1-3-7-5-16-12(20-7)6(2)17-10-8(13)4-9(14)11(18-10)19-15/h4-6H,3,15H2,1-2H3,(H2,17,18,19). The highest BCUT2D eigenvalue weighted by molar-refractivity contribution is 7.11. The Kier molecular flexibility index (Phi) is 4.46. The van der Waals surface area contributed by atoms with Gasteiger partial charge in [-0.1, -0.05) is 6.92 Å². The second kappa shape index (κ2) is 6.10. The van der Waals surface area contributed by atoms with Gasteiger partial charge in [-0.25, -0.2) is 24.6 Å². The van der Waals surface area contributed by atoms with E-state index in [4.69, 9.17) is 5.84 Å². The lowest BCUT2D eigenvalue weighted by atomic mass is 10.3. The van der Waals surface area contributed by atoms with Gasteiger partial charge < -0.3 is 10.7 Å².